The minimum atomic E-state index is -0.0443. The molecule has 0 atom stereocenters. The van der Waals surface area contributed by atoms with Crippen molar-refractivity contribution in [3.05, 3.63) is 29.8 Å². The van der Waals surface area contributed by atoms with Crippen molar-refractivity contribution < 1.29 is 9.53 Å². The van der Waals surface area contributed by atoms with Crippen LogP contribution in [0.1, 0.15) is 12.0 Å². The van der Waals surface area contributed by atoms with Gasteiger partial charge < -0.3 is 4.74 Å². The maximum atomic E-state index is 11.3. The minimum Gasteiger partial charge on any atom is -0.493 e. The fourth-order valence-corrected chi connectivity index (χ4v) is 1.20. The maximum absolute atomic E-state index is 11.3. The molecule has 0 saturated heterocycles. The molecule has 1 aromatic carbocycles. The van der Waals surface area contributed by atoms with E-state index < -0.39 is 0 Å². The summed E-state index contributed by atoms with van der Waals surface area (Å²) in [5, 5.41) is 1.62. The highest BCUT2D eigenvalue weighted by molar-refractivity contribution is 5.75. The van der Waals surface area contributed by atoms with Crippen LogP contribution >= 0.6 is 0 Å². The normalized spacial score (nSPS) is 10.2. The van der Waals surface area contributed by atoms with E-state index in [1.807, 2.05) is 31.2 Å². The molecule has 0 aromatic heterocycles. The van der Waals surface area contributed by atoms with Gasteiger partial charge in [0.05, 0.1) is 13.0 Å². The van der Waals surface area contributed by atoms with Gasteiger partial charge in [0.25, 0.3) is 0 Å². The molecular formula is C12H18N2O2. The van der Waals surface area contributed by atoms with E-state index in [1.54, 1.807) is 19.1 Å². The van der Waals surface area contributed by atoms with Crippen molar-refractivity contribution in [3.8, 4) is 5.75 Å². The fraction of sp³-hybridized carbons (Fsp3) is 0.417. The Bertz CT molecular complexity index is 333. The van der Waals surface area contributed by atoms with Gasteiger partial charge in [0.2, 0.25) is 5.91 Å². The SMILES string of the molecule is Cc1ccc(OCCC(=O)NN(C)C)cc1. The number of nitrogens with one attached hydrogen (secondary N) is 1. The van der Waals surface area contributed by atoms with Gasteiger partial charge in [-0.25, -0.2) is 5.01 Å². The Morgan fingerprint density at radius 2 is 1.94 bits per heavy atom. The third-order valence-electron chi connectivity index (χ3n) is 1.97. The first-order chi connectivity index (χ1) is 7.58. The number of ether oxygens (including phenoxy) is 1. The number of amides is 1. The zero-order valence-corrected chi connectivity index (χ0v) is 9.99. The van der Waals surface area contributed by atoms with Crippen LogP contribution in [-0.2, 0) is 4.79 Å². The first-order valence-electron chi connectivity index (χ1n) is 5.24. The van der Waals surface area contributed by atoms with Crippen molar-refractivity contribution in [3.63, 3.8) is 0 Å². The predicted molar refractivity (Wildman–Crippen MR) is 63.1 cm³/mol. The summed E-state index contributed by atoms with van der Waals surface area (Å²) in [4.78, 5) is 11.3. The molecule has 0 aliphatic heterocycles. The lowest BCUT2D eigenvalue weighted by Gasteiger charge is -2.12. The van der Waals surface area contributed by atoms with Gasteiger partial charge in [-0.1, -0.05) is 17.7 Å². The number of hydrogen-bond donors (Lipinski definition) is 1. The Kier molecular flexibility index (Phi) is 4.79. The molecule has 0 unspecified atom stereocenters. The van der Waals surface area contributed by atoms with Gasteiger partial charge in [0.15, 0.2) is 0 Å². The second kappa shape index (κ2) is 6.12. The number of nitrogens with zero attached hydrogens (tertiary/aromatic N) is 1. The lowest BCUT2D eigenvalue weighted by atomic mass is 10.2. The summed E-state index contributed by atoms with van der Waals surface area (Å²) < 4.78 is 5.43. The van der Waals surface area contributed by atoms with Gasteiger partial charge in [-0.15, -0.1) is 0 Å². The van der Waals surface area contributed by atoms with E-state index in [1.165, 1.54) is 5.56 Å². The monoisotopic (exact) mass is 222 g/mol. The summed E-state index contributed by atoms with van der Waals surface area (Å²) in [5.41, 5.74) is 3.84. The van der Waals surface area contributed by atoms with Crippen LogP contribution in [0.4, 0.5) is 0 Å². The lowest BCUT2D eigenvalue weighted by molar-refractivity contribution is -0.125. The van der Waals surface area contributed by atoms with Crippen molar-refractivity contribution in [2.24, 2.45) is 0 Å². The molecule has 0 spiro atoms. The van der Waals surface area contributed by atoms with Crippen LogP contribution in [0.25, 0.3) is 0 Å². The molecule has 1 rings (SSSR count). The second-order valence-corrected chi connectivity index (χ2v) is 3.84. The molecule has 0 heterocycles. The van der Waals surface area contributed by atoms with Gasteiger partial charge in [-0.05, 0) is 19.1 Å². The summed E-state index contributed by atoms with van der Waals surface area (Å²) in [5.74, 6) is 0.750. The summed E-state index contributed by atoms with van der Waals surface area (Å²) >= 11 is 0. The highest BCUT2D eigenvalue weighted by Gasteiger charge is 2.02. The van der Waals surface area contributed by atoms with Crippen LogP contribution in [0.3, 0.4) is 0 Å². The van der Waals surface area contributed by atoms with Crippen LogP contribution in [0, 0.1) is 6.92 Å². The Hall–Kier alpha value is -1.55. The Morgan fingerprint density at radius 1 is 1.31 bits per heavy atom. The molecule has 4 nitrogen and oxygen atoms in total. The van der Waals surface area contributed by atoms with Crippen molar-refractivity contribution in [2.75, 3.05) is 20.7 Å². The van der Waals surface area contributed by atoms with E-state index in [2.05, 4.69) is 5.43 Å². The Balaban J connectivity index is 2.25. The van der Waals surface area contributed by atoms with Crippen molar-refractivity contribution in [1.82, 2.24) is 10.4 Å². The second-order valence-electron chi connectivity index (χ2n) is 3.84. The van der Waals surface area contributed by atoms with E-state index in [-0.39, 0.29) is 5.91 Å². The largest absolute Gasteiger partial charge is 0.493 e. The van der Waals surface area contributed by atoms with Crippen LogP contribution in [0.2, 0.25) is 0 Å². The molecule has 1 aromatic rings. The molecule has 88 valence electrons. The molecule has 0 aliphatic carbocycles. The maximum Gasteiger partial charge on any atom is 0.237 e. The third kappa shape index (κ3) is 4.79. The van der Waals surface area contributed by atoms with Crippen molar-refractivity contribution in [1.29, 1.82) is 0 Å². The van der Waals surface area contributed by atoms with E-state index >= 15 is 0 Å². The Labute approximate surface area is 96.2 Å². The first-order valence-corrected chi connectivity index (χ1v) is 5.24. The third-order valence-corrected chi connectivity index (χ3v) is 1.97. The van der Waals surface area contributed by atoms with Crippen molar-refractivity contribution in [2.45, 2.75) is 13.3 Å². The standard InChI is InChI=1S/C12H18N2O2/c1-10-4-6-11(7-5-10)16-9-8-12(15)13-14(2)3/h4-7H,8-9H2,1-3H3,(H,13,15). The smallest absolute Gasteiger partial charge is 0.237 e. The van der Waals surface area contributed by atoms with Crippen LogP contribution in [0.5, 0.6) is 5.75 Å². The van der Waals surface area contributed by atoms with Crippen LogP contribution in [0.15, 0.2) is 24.3 Å². The average molecular weight is 222 g/mol. The van der Waals surface area contributed by atoms with Gasteiger partial charge in [0, 0.05) is 14.1 Å². The first kappa shape index (κ1) is 12.5. The summed E-state index contributed by atoms with van der Waals surface area (Å²) in [7, 11) is 3.55. The zero-order chi connectivity index (χ0) is 12.0. The molecule has 0 saturated carbocycles. The molecule has 1 N–H and O–H groups in total. The minimum absolute atomic E-state index is 0.0443. The van der Waals surface area contributed by atoms with E-state index in [0.29, 0.717) is 13.0 Å². The Morgan fingerprint density at radius 3 is 2.50 bits per heavy atom. The number of carbonyl (C=O) groups is 1. The van der Waals surface area contributed by atoms with E-state index in [9.17, 15) is 4.79 Å². The summed E-state index contributed by atoms with van der Waals surface area (Å²) in [6.07, 6.45) is 0.353. The quantitative estimate of drug-likeness (QED) is 0.765. The molecule has 0 aliphatic rings. The molecule has 4 heteroatoms. The average Bonchev–Trinajstić information content (AvgIpc) is 2.20. The fourth-order valence-electron chi connectivity index (χ4n) is 1.20. The molecular weight excluding hydrogens is 204 g/mol. The molecule has 16 heavy (non-hydrogen) atoms. The van der Waals surface area contributed by atoms with Gasteiger partial charge in [-0.3, -0.25) is 10.2 Å². The number of carbonyl (C=O) groups excluding carboxylic acids is 1. The summed E-state index contributed by atoms with van der Waals surface area (Å²) in [6.45, 7) is 2.41. The van der Waals surface area contributed by atoms with E-state index in [0.717, 1.165) is 5.75 Å². The topological polar surface area (TPSA) is 41.6 Å². The number of hydrazine groups is 1. The number of benzene rings is 1. The van der Waals surface area contributed by atoms with Crippen LogP contribution in [-0.4, -0.2) is 31.6 Å². The molecule has 0 radical (unpaired) electrons. The van der Waals surface area contributed by atoms with Gasteiger partial charge in [-0.2, -0.15) is 0 Å². The number of hydrogen-bond acceptors (Lipinski definition) is 3. The summed E-state index contributed by atoms with van der Waals surface area (Å²) in [6, 6.07) is 7.77. The van der Waals surface area contributed by atoms with Crippen LogP contribution < -0.4 is 10.2 Å². The zero-order valence-electron chi connectivity index (χ0n) is 9.99. The molecule has 0 bridgehead atoms. The molecule has 0 fully saturated rings. The number of aryl methyl sites for hydroxylation is 1. The number of rotatable bonds is 5. The highest BCUT2D eigenvalue weighted by Crippen LogP contribution is 2.11. The van der Waals surface area contributed by atoms with Crippen molar-refractivity contribution >= 4 is 5.91 Å². The lowest BCUT2D eigenvalue weighted by Crippen LogP contribution is -2.36. The molecule has 1 amide bonds. The van der Waals surface area contributed by atoms with Gasteiger partial charge in [0.1, 0.15) is 5.75 Å². The predicted octanol–water partition coefficient (Wildman–Crippen LogP) is 1.36. The highest BCUT2D eigenvalue weighted by atomic mass is 16.5. The van der Waals surface area contributed by atoms with E-state index in [4.69, 9.17) is 4.74 Å². The van der Waals surface area contributed by atoms with Gasteiger partial charge >= 0.3 is 0 Å².